The Hall–Kier alpha value is -4.41. The van der Waals surface area contributed by atoms with Crippen molar-refractivity contribution >= 4 is 0 Å². The number of benzene rings is 5. The molecule has 5 aromatic carbocycles. The van der Waals surface area contributed by atoms with Crippen LogP contribution in [0.3, 0.4) is 0 Å². The largest absolute Gasteiger partial charge is 0.312 e. The molecule has 5 aromatic rings. The van der Waals surface area contributed by atoms with Crippen molar-refractivity contribution in [3.63, 3.8) is 0 Å². The van der Waals surface area contributed by atoms with Crippen LogP contribution in [0.1, 0.15) is 61.2 Å². The zero-order chi connectivity index (χ0) is 25.9. The van der Waals surface area contributed by atoms with E-state index < -0.39 is 0 Å². The summed E-state index contributed by atoms with van der Waals surface area (Å²) in [7, 11) is 0. The monoisotopic (exact) mass is 487 g/mol. The fourth-order valence-corrected chi connectivity index (χ4v) is 7.13. The van der Waals surface area contributed by atoms with Crippen LogP contribution in [0.5, 0.6) is 0 Å². The van der Waals surface area contributed by atoms with E-state index in [1.165, 1.54) is 66.8 Å². The van der Waals surface area contributed by atoms with Crippen molar-refractivity contribution in [3.8, 4) is 11.1 Å². The van der Waals surface area contributed by atoms with E-state index in [0.717, 1.165) is 18.4 Å². The summed E-state index contributed by atoms with van der Waals surface area (Å²) in [6.45, 7) is 12.3. The number of nitrogens with zero attached hydrogens (tertiary/aromatic N) is 1. The second kappa shape index (κ2) is 8.57. The van der Waals surface area contributed by atoms with Gasteiger partial charge in [0.25, 0.3) is 0 Å². The predicted molar refractivity (Wildman–Crippen MR) is 156 cm³/mol. The van der Waals surface area contributed by atoms with Crippen molar-refractivity contribution in [1.82, 2.24) is 0 Å². The third-order valence-corrected chi connectivity index (χ3v) is 8.44. The summed E-state index contributed by atoms with van der Waals surface area (Å²) in [5.41, 5.74) is 16.9. The molecule has 0 saturated heterocycles. The Bertz CT molecular complexity index is 1760. The minimum absolute atomic E-state index is 0.382. The molecular weight excluding hydrogens is 458 g/mol. The van der Waals surface area contributed by atoms with E-state index in [-0.39, 0.29) is 5.41 Å². The molecule has 182 valence electrons. The Morgan fingerprint density at radius 3 is 2.08 bits per heavy atom. The van der Waals surface area contributed by atoms with E-state index in [1.807, 2.05) is 0 Å². The Balaban J connectivity index is 1.52. The summed E-state index contributed by atoms with van der Waals surface area (Å²) in [5, 5.41) is 0. The highest BCUT2D eigenvalue weighted by Crippen LogP contribution is 2.59. The summed E-state index contributed by atoms with van der Waals surface area (Å²) in [4.78, 5) is 3.73. The van der Waals surface area contributed by atoms with Gasteiger partial charge in [-0.3, -0.25) is 0 Å². The third-order valence-electron chi connectivity index (χ3n) is 8.44. The lowest BCUT2D eigenvalue weighted by Crippen LogP contribution is -2.34. The molecule has 1 spiro atoms. The van der Waals surface area contributed by atoms with Gasteiger partial charge in [-0.25, -0.2) is 6.57 Å². The van der Waals surface area contributed by atoms with Crippen molar-refractivity contribution < 1.29 is 0 Å². The maximum atomic E-state index is 7.53. The summed E-state index contributed by atoms with van der Waals surface area (Å²) >= 11 is 0. The van der Waals surface area contributed by atoms with Gasteiger partial charge >= 0.3 is 0 Å². The second-order valence-electron chi connectivity index (χ2n) is 11.0. The highest BCUT2D eigenvalue weighted by molar-refractivity contribution is 5.88. The fraction of sp³-hybridized carbons (Fsp3) is 0.162. The number of aryl methyl sites for hydroxylation is 2. The van der Waals surface area contributed by atoms with Gasteiger partial charge in [-0.05, 0) is 88.4 Å². The lowest BCUT2D eigenvalue weighted by Gasteiger charge is -2.40. The van der Waals surface area contributed by atoms with E-state index >= 15 is 0 Å². The van der Waals surface area contributed by atoms with E-state index in [0.29, 0.717) is 6.54 Å². The van der Waals surface area contributed by atoms with Crippen LogP contribution < -0.4 is 0 Å². The zero-order valence-corrected chi connectivity index (χ0v) is 21.9. The smallest absolute Gasteiger partial charge is 0.239 e. The Labute approximate surface area is 225 Å². The molecule has 2 aliphatic carbocycles. The predicted octanol–water partition coefficient (Wildman–Crippen LogP) is 8.58. The van der Waals surface area contributed by atoms with Crippen LogP contribution in [0.2, 0.25) is 0 Å². The summed E-state index contributed by atoms with van der Waals surface area (Å²) in [5.74, 6) is 0. The van der Waals surface area contributed by atoms with Gasteiger partial charge in [-0.2, -0.15) is 0 Å². The fourth-order valence-electron chi connectivity index (χ4n) is 7.13. The van der Waals surface area contributed by atoms with Crippen LogP contribution in [-0.2, 0) is 24.8 Å². The van der Waals surface area contributed by atoms with Gasteiger partial charge in [-0.15, -0.1) is 0 Å². The molecule has 0 saturated carbocycles. The standard InChI is InChI=1S/C37H29N/c1-24-16-25(2)18-28(17-24)19-26-12-14-30-22-29-8-4-6-10-33(29)37(35(30)20-26)34-11-7-5-9-31(34)32-15-13-27(23-38-3)21-36(32)37/h4-18,20-21H,19,22-23H2,1-2H3. The van der Waals surface area contributed by atoms with Crippen molar-refractivity contribution in [2.24, 2.45) is 0 Å². The topological polar surface area (TPSA) is 4.36 Å². The van der Waals surface area contributed by atoms with Gasteiger partial charge in [0.15, 0.2) is 0 Å². The molecule has 38 heavy (non-hydrogen) atoms. The van der Waals surface area contributed by atoms with Crippen LogP contribution in [0, 0.1) is 20.4 Å². The molecule has 0 fully saturated rings. The summed E-state index contributed by atoms with van der Waals surface area (Å²) in [6.07, 6.45) is 1.86. The molecular formula is C37H29N. The van der Waals surface area contributed by atoms with Gasteiger partial charge in [0.2, 0.25) is 6.54 Å². The Kier molecular flexibility index (Phi) is 5.14. The van der Waals surface area contributed by atoms with Gasteiger partial charge in [0, 0.05) is 5.56 Å². The van der Waals surface area contributed by atoms with E-state index in [9.17, 15) is 0 Å². The SMILES string of the molecule is [C-]#[N+]Cc1ccc2c(c1)C1(c3ccccc3Cc3ccc(Cc4cc(C)cc(C)c4)cc31)c1ccccc1-2. The first-order valence-electron chi connectivity index (χ1n) is 13.4. The third kappa shape index (κ3) is 3.30. The molecule has 0 aliphatic heterocycles. The average Bonchev–Trinajstić information content (AvgIpc) is 3.19. The molecule has 0 heterocycles. The number of hydrogen-bond donors (Lipinski definition) is 0. The minimum atomic E-state index is -0.382. The maximum Gasteiger partial charge on any atom is 0.239 e. The van der Waals surface area contributed by atoms with E-state index in [1.54, 1.807) is 0 Å². The van der Waals surface area contributed by atoms with E-state index in [2.05, 4.69) is 122 Å². The molecule has 0 N–H and O–H groups in total. The molecule has 0 radical (unpaired) electrons. The van der Waals surface area contributed by atoms with Crippen molar-refractivity contribution in [2.45, 2.75) is 38.6 Å². The lowest BCUT2D eigenvalue weighted by atomic mass is 9.61. The maximum absolute atomic E-state index is 7.53. The average molecular weight is 488 g/mol. The zero-order valence-electron chi connectivity index (χ0n) is 21.9. The second-order valence-corrected chi connectivity index (χ2v) is 11.0. The quantitative estimate of drug-likeness (QED) is 0.220. The molecule has 7 rings (SSSR count). The molecule has 2 aliphatic rings. The number of fused-ring (bicyclic) bond motifs is 9. The van der Waals surface area contributed by atoms with Crippen LogP contribution in [0.15, 0.2) is 103 Å². The minimum Gasteiger partial charge on any atom is -0.312 e. The molecule has 1 nitrogen and oxygen atoms in total. The summed E-state index contributed by atoms with van der Waals surface area (Å²) < 4.78 is 0. The Morgan fingerprint density at radius 1 is 0.605 bits per heavy atom. The molecule has 0 amide bonds. The molecule has 1 unspecified atom stereocenters. The van der Waals surface area contributed by atoms with Crippen molar-refractivity contribution in [2.75, 3.05) is 0 Å². The molecule has 0 bridgehead atoms. The first-order chi connectivity index (χ1) is 18.6. The first kappa shape index (κ1) is 22.8. The highest BCUT2D eigenvalue weighted by atomic mass is 14.6. The normalized spacial score (nSPS) is 16.3. The Morgan fingerprint density at radius 2 is 1.26 bits per heavy atom. The molecule has 1 atom stereocenters. The summed E-state index contributed by atoms with van der Waals surface area (Å²) in [6, 6.07) is 38.7. The van der Waals surface area contributed by atoms with E-state index in [4.69, 9.17) is 6.57 Å². The van der Waals surface area contributed by atoms with Gasteiger partial charge in [-0.1, -0.05) is 108 Å². The van der Waals surface area contributed by atoms with Gasteiger partial charge in [0.05, 0.1) is 5.41 Å². The van der Waals surface area contributed by atoms with Crippen molar-refractivity contribution in [3.05, 3.63) is 176 Å². The van der Waals surface area contributed by atoms with Crippen LogP contribution in [0.25, 0.3) is 16.0 Å². The highest BCUT2D eigenvalue weighted by Gasteiger charge is 2.49. The first-order valence-corrected chi connectivity index (χ1v) is 13.4. The van der Waals surface area contributed by atoms with Crippen LogP contribution in [0.4, 0.5) is 0 Å². The van der Waals surface area contributed by atoms with Crippen molar-refractivity contribution in [1.29, 1.82) is 0 Å². The molecule has 1 heteroatoms. The van der Waals surface area contributed by atoms with Gasteiger partial charge < -0.3 is 4.85 Å². The van der Waals surface area contributed by atoms with Gasteiger partial charge in [0.1, 0.15) is 0 Å². The number of rotatable bonds is 3. The van der Waals surface area contributed by atoms with Crippen LogP contribution in [-0.4, -0.2) is 0 Å². The lowest BCUT2D eigenvalue weighted by molar-refractivity contribution is 0.719. The van der Waals surface area contributed by atoms with Crippen LogP contribution >= 0.6 is 0 Å². The molecule has 0 aromatic heterocycles. The number of hydrogen-bond acceptors (Lipinski definition) is 0.